The molecular weight excluding hydrogens is 242 g/mol. The fourth-order valence-electron chi connectivity index (χ4n) is 1.70. The molecule has 0 atom stereocenters. The van der Waals surface area contributed by atoms with Gasteiger partial charge in [-0.2, -0.15) is 0 Å². The Morgan fingerprint density at radius 3 is 2.42 bits per heavy atom. The first-order chi connectivity index (χ1) is 9.19. The van der Waals surface area contributed by atoms with E-state index in [4.69, 9.17) is 5.73 Å². The van der Waals surface area contributed by atoms with Crippen LogP contribution in [0.25, 0.3) is 0 Å². The minimum Gasteiger partial charge on any atom is -0.354 e. The number of rotatable bonds is 6. The van der Waals surface area contributed by atoms with Crippen molar-refractivity contribution in [1.29, 1.82) is 0 Å². The third kappa shape index (κ3) is 4.37. The summed E-state index contributed by atoms with van der Waals surface area (Å²) in [5.41, 5.74) is 6.99. The highest BCUT2D eigenvalue weighted by Gasteiger charge is 2.21. The molecule has 0 spiro atoms. The first kappa shape index (κ1) is 13.5. The van der Waals surface area contributed by atoms with Crippen molar-refractivity contribution in [2.75, 3.05) is 13.1 Å². The molecule has 1 aliphatic rings. The van der Waals surface area contributed by atoms with Gasteiger partial charge in [0, 0.05) is 18.7 Å². The molecule has 0 radical (unpaired) electrons. The average Bonchev–Trinajstić information content (AvgIpc) is 3.26. The van der Waals surface area contributed by atoms with Crippen molar-refractivity contribution in [2.45, 2.75) is 19.4 Å². The molecule has 0 aromatic heterocycles. The summed E-state index contributed by atoms with van der Waals surface area (Å²) in [5, 5.41) is 5.40. The lowest BCUT2D eigenvalue weighted by molar-refractivity contribution is -0.120. The van der Waals surface area contributed by atoms with E-state index in [1.54, 1.807) is 12.1 Å². The zero-order chi connectivity index (χ0) is 13.7. The van der Waals surface area contributed by atoms with Crippen LogP contribution in [-0.4, -0.2) is 24.9 Å². The smallest absolute Gasteiger partial charge is 0.251 e. The van der Waals surface area contributed by atoms with Gasteiger partial charge in [0.2, 0.25) is 5.91 Å². The molecule has 0 bridgehead atoms. The molecule has 1 fully saturated rings. The van der Waals surface area contributed by atoms with Gasteiger partial charge < -0.3 is 16.4 Å². The molecule has 4 N–H and O–H groups in total. The standard InChI is InChI=1S/C14H19N3O2/c15-7-10-3-5-12(6-4-10)14(19)17-9-13(18)16-8-11-1-2-11/h3-6,11H,1-2,7-9,15H2,(H,16,18)(H,17,19). The van der Waals surface area contributed by atoms with Crippen LogP contribution in [0.3, 0.4) is 0 Å². The number of hydrogen-bond acceptors (Lipinski definition) is 3. The van der Waals surface area contributed by atoms with Gasteiger partial charge in [-0.1, -0.05) is 12.1 Å². The van der Waals surface area contributed by atoms with E-state index in [0.29, 0.717) is 18.0 Å². The number of hydrogen-bond donors (Lipinski definition) is 3. The second-order valence-corrected chi connectivity index (χ2v) is 4.83. The van der Waals surface area contributed by atoms with Crippen LogP contribution in [-0.2, 0) is 11.3 Å². The normalized spacial score (nSPS) is 13.9. The Morgan fingerprint density at radius 1 is 1.16 bits per heavy atom. The topological polar surface area (TPSA) is 84.2 Å². The van der Waals surface area contributed by atoms with Crippen LogP contribution in [0.1, 0.15) is 28.8 Å². The van der Waals surface area contributed by atoms with Gasteiger partial charge in [-0.05, 0) is 36.5 Å². The van der Waals surface area contributed by atoms with Gasteiger partial charge in [0.05, 0.1) is 6.54 Å². The van der Waals surface area contributed by atoms with Gasteiger partial charge in [0.25, 0.3) is 5.91 Å². The van der Waals surface area contributed by atoms with Crippen LogP contribution in [0.5, 0.6) is 0 Å². The van der Waals surface area contributed by atoms with Crippen LogP contribution in [0.4, 0.5) is 0 Å². The van der Waals surface area contributed by atoms with Gasteiger partial charge in [0.1, 0.15) is 0 Å². The van der Waals surface area contributed by atoms with Crippen molar-refractivity contribution in [2.24, 2.45) is 11.7 Å². The van der Waals surface area contributed by atoms with E-state index >= 15 is 0 Å². The third-order valence-corrected chi connectivity index (χ3v) is 3.15. The molecule has 102 valence electrons. The SMILES string of the molecule is NCc1ccc(C(=O)NCC(=O)NCC2CC2)cc1. The van der Waals surface area contributed by atoms with E-state index in [-0.39, 0.29) is 18.4 Å². The Bertz CT molecular complexity index is 452. The largest absolute Gasteiger partial charge is 0.354 e. The number of amides is 2. The summed E-state index contributed by atoms with van der Waals surface area (Å²) < 4.78 is 0. The summed E-state index contributed by atoms with van der Waals surface area (Å²) in [4.78, 5) is 23.2. The maximum Gasteiger partial charge on any atom is 0.251 e. The Balaban J connectivity index is 1.74. The van der Waals surface area contributed by atoms with Crippen molar-refractivity contribution < 1.29 is 9.59 Å². The van der Waals surface area contributed by atoms with Crippen molar-refractivity contribution in [1.82, 2.24) is 10.6 Å². The number of nitrogens with one attached hydrogen (secondary N) is 2. The molecule has 2 rings (SSSR count). The van der Waals surface area contributed by atoms with E-state index in [9.17, 15) is 9.59 Å². The molecule has 1 aromatic rings. The Labute approximate surface area is 112 Å². The second-order valence-electron chi connectivity index (χ2n) is 4.83. The summed E-state index contributed by atoms with van der Waals surface area (Å²) in [7, 11) is 0. The highest BCUT2D eigenvalue weighted by molar-refractivity contribution is 5.96. The number of carbonyl (C=O) groups excluding carboxylic acids is 2. The summed E-state index contributed by atoms with van der Waals surface area (Å²) in [6.45, 7) is 1.19. The predicted octanol–water partition coefficient (Wildman–Crippen LogP) is 0.401. The van der Waals surface area contributed by atoms with E-state index < -0.39 is 0 Å². The quantitative estimate of drug-likeness (QED) is 0.693. The Hall–Kier alpha value is -1.88. The lowest BCUT2D eigenvalue weighted by Crippen LogP contribution is -2.37. The minimum atomic E-state index is -0.245. The van der Waals surface area contributed by atoms with Crippen molar-refractivity contribution >= 4 is 11.8 Å². The highest BCUT2D eigenvalue weighted by atomic mass is 16.2. The van der Waals surface area contributed by atoms with Crippen molar-refractivity contribution in [3.05, 3.63) is 35.4 Å². The predicted molar refractivity (Wildman–Crippen MR) is 72.4 cm³/mol. The molecule has 19 heavy (non-hydrogen) atoms. The molecule has 5 nitrogen and oxygen atoms in total. The molecule has 0 aliphatic heterocycles. The van der Waals surface area contributed by atoms with Crippen LogP contribution < -0.4 is 16.4 Å². The summed E-state index contributed by atoms with van der Waals surface area (Å²) in [6.07, 6.45) is 2.39. The Morgan fingerprint density at radius 2 is 1.84 bits per heavy atom. The lowest BCUT2D eigenvalue weighted by atomic mass is 10.1. The van der Waals surface area contributed by atoms with E-state index in [2.05, 4.69) is 10.6 Å². The molecule has 5 heteroatoms. The summed E-state index contributed by atoms with van der Waals surface area (Å²) >= 11 is 0. The van der Waals surface area contributed by atoms with E-state index in [1.165, 1.54) is 12.8 Å². The zero-order valence-electron chi connectivity index (χ0n) is 10.8. The monoisotopic (exact) mass is 261 g/mol. The van der Waals surface area contributed by atoms with Gasteiger partial charge in [0.15, 0.2) is 0 Å². The van der Waals surface area contributed by atoms with Crippen LogP contribution >= 0.6 is 0 Å². The highest BCUT2D eigenvalue weighted by Crippen LogP contribution is 2.27. The van der Waals surface area contributed by atoms with Gasteiger partial charge in [-0.25, -0.2) is 0 Å². The van der Waals surface area contributed by atoms with Crippen LogP contribution in [0.2, 0.25) is 0 Å². The van der Waals surface area contributed by atoms with Crippen molar-refractivity contribution in [3.8, 4) is 0 Å². The van der Waals surface area contributed by atoms with Crippen molar-refractivity contribution in [3.63, 3.8) is 0 Å². The molecule has 0 saturated heterocycles. The van der Waals surface area contributed by atoms with Crippen LogP contribution in [0, 0.1) is 5.92 Å². The first-order valence-corrected chi connectivity index (χ1v) is 6.53. The molecule has 0 unspecified atom stereocenters. The van der Waals surface area contributed by atoms with Gasteiger partial charge >= 0.3 is 0 Å². The maximum atomic E-state index is 11.8. The van der Waals surface area contributed by atoms with Crippen LogP contribution in [0.15, 0.2) is 24.3 Å². The lowest BCUT2D eigenvalue weighted by Gasteiger charge is -2.06. The number of nitrogens with two attached hydrogens (primary N) is 1. The zero-order valence-corrected chi connectivity index (χ0v) is 10.8. The molecule has 1 aromatic carbocycles. The summed E-state index contributed by atoms with van der Waals surface area (Å²) in [6, 6.07) is 7.03. The number of carbonyl (C=O) groups is 2. The molecule has 0 heterocycles. The average molecular weight is 261 g/mol. The number of benzene rings is 1. The third-order valence-electron chi connectivity index (χ3n) is 3.15. The molecule has 1 aliphatic carbocycles. The van der Waals surface area contributed by atoms with Gasteiger partial charge in [-0.3, -0.25) is 9.59 Å². The first-order valence-electron chi connectivity index (χ1n) is 6.53. The molecular formula is C14H19N3O2. The molecule has 2 amide bonds. The molecule has 1 saturated carbocycles. The van der Waals surface area contributed by atoms with E-state index in [0.717, 1.165) is 12.1 Å². The van der Waals surface area contributed by atoms with E-state index in [1.807, 2.05) is 12.1 Å². The fourth-order valence-corrected chi connectivity index (χ4v) is 1.70. The maximum absolute atomic E-state index is 11.8. The minimum absolute atomic E-state index is 0.0180. The summed E-state index contributed by atoms with van der Waals surface area (Å²) in [5.74, 6) is 0.257. The van der Waals surface area contributed by atoms with Gasteiger partial charge in [-0.15, -0.1) is 0 Å². The fraction of sp³-hybridized carbons (Fsp3) is 0.429. The second kappa shape index (κ2) is 6.33. The Kier molecular flexibility index (Phi) is 4.52.